The summed E-state index contributed by atoms with van der Waals surface area (Å²) in [6.45, 7) is 10.9. The van der Waals surface area contributed by atoms with Crippen LogP contribution in [0.3, 0.4) is 0 Å². The molecule has 0 spiro atoms. The van der Waals surface area contributed by atoms with Crippen LogP contribution in [0.25, 0.3) is 22.4 Å². The van der Waals surface area contributed by atoms with Crippen LogP contribution in [0, 0.1) is 0 Å². The normalized spacial score (nSPS) is 16.9. The number of phenolic OH excluding ortho intramolecular Hbond substituents is 1. The summed E-state index contributed by atoms with van der Waals surface area (Å²) in [5.41, 5.74) is 9.77. The van der Waals surface area contributed by atoms with Gasteiger partial charge in [0.25, 0.3) is 0 Å². The number of rotatable bonds is 4. The molecule has 37 heavy (non-hydrogen) atoms. The molecule has 1 amide bonds. The highest BCUT2D eigenvalue weighted by Crippen LogP contribution is 2.33. The van der Waals surface area contributed by atoms with Crippen molar-refractivity contribution in [2.24, 2.45) is 0 Å². The zero-order valence-electron chi connectivity index (χ0n) is 21.6. The molecule has 2 fully saturated rings. The van der Waals surface area contributed by atoms with Crippen LogP contribution in [0.4, 0.5) is 16.3 Å². The molecule has 0 saturated carbocycles. The van der Waals surface area contributed by atoms with Crippen molar-refractivity contribution < 1.29 is 14.6 Å². The Morgan fingerprint density at radius 3 is 2.30 bits per heavy atom. The molecule has 9 heteroatoms. The smallest absolute Gasteiger partial charge is 0.410 e. The van der Waals surface area contributed by atoms with Gasteiger partial charge in [0.05, 0.1) is 5.69 Å². The average molecular weight is 503 g/mol. The molecule has 3 N–H and O–H groups in total. The Kier molecular flexibility index (Phi) is 6.64. The summed E-state index contributed by atoms with van der Waals surface area (Å²) in [6, 6.07) is 17.6. The molecule has 0 bridgehead atoms. The molecule has 0 aliphatic carbocycles. The second kappa shape index (κ2) is 9.89. The lowest BCUT2D eigenvalue weighted by atomic mass is 10.0. The summed E-state index contributed by atoms with van der Waals surface area (Å²) in [5.74, 6) is 0.503. The van der Waals surface area contributed by atoms with Gasteiger partial charge < -0.3 is 25.4 Å². The first-order valence-corrected chi connectivity index (χ1v) is 12.7. The van der Waals surface area contributed by atoms with E-state index in [4.69, 9.17) is 10.5 Å². The van der Waals surface area contributed by atoms with Crippen LogP contribution in [0.2, 0.25) is 0 Å². The summed E-state index contributed by atoms with van der Waals surface area (Å²) in [7, 11) is 0. The van der Waals surface area contributed by atoms with E-state index in [1.807, 2.05) is 45.0 Å². The first kappa shape index (κ1) is 24.8. The molecule has 5 rings (SSSR count). The van der Waals surface area contributed by atoms with E-state index in [0.717, 1.165) is 56.1 Å². The monoisotopic (exact) mass is 502 g/mol. The highest BCUT2D eigenvalue weighted by molar-refractivity contribution is 5.79. The summed E-state index contributed by atoms with van der Waals surface area (Å²) >= 11 is 0. The van der Waals surface area contributed by atoms with E-state index in [-0.39, 0.29) is 11.8 Å². The number of ether oxygens (including phenoxy) is 1. The SMILES string of the molecule is CC(C)(C)OC(=O)N1CC(N2CCN(c3ccc(-c4cc(-c5ccccc5O)nnc4N)cc3)CC2)C1. The molecule has 2 saturated heterocycles. The lowest BCUT2D eigenvalue weighted by Crippen LogP contribution is -2.64. The molecule has 2 aromatic carbocycles. The lowest BCUT2D eigenvalue weighted by Gasteiger charge is -2.48. The topological polar surface area (TPSA) is 108 Å². The number of hydrogen-bond acceptors (Lipinski definition) is 8. The number of nitrogen functional groups attached to an aromatic ring is 1. The Hall–Kier alpha value is -3.85. The number of carbonyl (C=O) groups is 1. The highest BCUT2D eigenvalue weighted by atomic mass is 16.6. The summed E-state index contributed by atoms with van der Waals surface area (Å²) in [6.07, 6.45) is -0.222. The summed E-state index contributed by atoms with van der Waals surface area (Å²) < 4.78 is 5.47. The quantitative estimate of drug-likeness (QED) is 0.554. The van der Waals surface area contributed by atoms with Crippen LogP contribution in [-0.4, -0.2) is 82.1 Å². The minimum absolute atomic E-state index is 0.154. The number of likely N-dealkylation sites (tertiary alicyclic amines) is 1. The van der Waals surface area contributed by atoms with Gasteiger partial charge in [0, 0.05) is 62.1 Å². The zero-order valence-corrected chi connectivity index (χ0v) is 21.6. The number of aromatic nitrogens is 2. The van der Waals surface area contributed by atoms with Crippen molar-refractivity contribution in [1.29, 1.82) is 0 Å². The van der Waals surface area contributed by atoms with Gasteiger partial charge in [-0.15, -0.1) is 10.2 Å². The van der Waals surface area contributed by atoms with Gasteiger partial charge in [0.2, 0.25) is 0 Å². The lowest BCUT2D eigenvalue weighted by molar-refractivity contribution is -0.0162. The third-order valence-electron chi connectivity index (χ3n) is 6.89. The number of nitrogens with two attached hydrogens (primary N) is 1. The zero-order chi connectivity index (χ0) is 26.2. The maximum absolute atomic E-state index is 12.2. The van der Waals surface area contributed by atoms with Gasteiger partial charge in [-0.2, -0.15) is 0 Å². The largest absolute Gasteiger partial charge is 0.507 e. The minimum Gasteiger partial charge on any atom is -0.507 e. The van der Waals surface area contributed by atoms with Crippen LogP contribution in [0.15, 0.2) is 54.6 Å². The molecular weight excluding hydrogens is 468 g/mol. The van der Waals surface area contributed by atoms with E-state index in [0.29, 0.717) is 23.1 Å². The molecule has 3 heterocycles. The Labute approximate surface area is 217 Å². The van der Waals surface area contributed by atoms with E-state index in [9.17, 15) is 9.90 Å². The molecule has 0 radical (unpaired) electrons. The maximum Gasteiger partial charge on any atom is 0.410 e. The fraction of sp³-hybridized carbons (Fsp3) is 0.393. The highest BCUT2D eigenvalue weighted by Gasteiger charge is 2.38. The van der Waals surface area contributed by atoms with Gasteiger partial charge >= 0.3 is 6.09 Å². The third kappa shape index (κ3) is 5.46. The van der Waals surface area contributed by atoms with Gasteiger partial charge in [0.15, 0.2) is 5.82 Å². The van der Waals surface area contributed by atoms with Crippen molar-refractivity contribution in [2.75, 3.05) is 49.9 Å². The van der Waals surface area contributed by atoms with Gasteiger partial charge in [0.1, 0.15) is 11.4 Å². The Morgan fingerprint density at radius 1 is 0.973 bits per heavy atom. The number of hydrogen-bond donors (Lipinski definition) is 2. The second-order valence-electron chi connectivity index (χ2n) is 10.7. The van der Waals surface area contributed by atoms with Crippen LogP contribution in [0.5, 0.6) is 5.75 Å². The average Bonchev–Trinajstić information content (AvgIpc) is 2.83. The number of anilines is 2. The maximum atomic E-state index is 12.2. The van der Waals surface area contributed by atoms with Crippen molar-refractivity contribution in [1.82, 2.24) is 20.0 Å². The van der Waals surface area contributed by atoms with Crippen LogP contribution in [0.1, 0.15) is 20.8 Å². The molecule has 1 aromatic heterocycles. The van der Waals surface area contributed by atoms with Gasteiger partial charge in [-0.05, 0) is 56.7 Å². The number of amides is 1. The number of piperazine rings is 1. The van der Waals surface area contributed by atoms with E-state index in [1.54, 1.807) is 23.1 Å². The standard InChI is InChI=1S/C28H34N6O3/c1-28(2,3)37-27(36)34-17-21(18-34)33-14-12-32(13-15-33)20-10-8-19(9-11-20)23-16-24(30-31-26(23)29)22-6-4-5-7-25(22)35/h4-11,16,21,35H,12-15,17-18H2,1-3H3,(H2,29,31). The van der Waals surface area contributed by atoms with Crippen LogP contribution >= 0.6 is 0 Å². The van der Waals surface area contributed by atoms with E-state index >= 15 is 0 Å². The minimum atomic E-state index is -0.462. The van der Waals surface area contributed by atoms with Crippen molar-refractivity contribution in [3.8, 4) is 28.1 Å². The fourth-order valence-electron chi connectivity index (χ4n) is 4.81. The number of benzene rings is 2. The first-order valence-electron chi connectivity index (χ1n) is 12.7. The molecule has 194 valence electrons. The molecular formula is C28H34N6O3. The molecule has 9 nitrogen and oxygen atoms in total. The molecule has 2 aliphatic rings. The first-order chi connectivity index (χ1) is 17.7. The van der Waals surface area contributed by atoms with Gasteiger partial charge in [-0.3, -0.25) is 4.90 Å². The van der Waals surface area contributed by atoms with Gasteiger partial charge in [-0.1, -0.05) is 24.3 Å². The predicted octanol–water partition coefficient (Wildman–Crippen LogP) is 3.84. The molecule has 2 aliphatic heterocycles. The van der Waals surface area contributed by atoms with E-state index < -0.39 is 5.60 Å². The third-order valence-corrected chi connectivity index (χ3v) is 6.89. The Bertz CT molecular complexity index is 1260. The Balaban J connectivity index is 1.19. The van der Waals surface area contributed by atoms with Crippen LogP contribution < -0.4 is 10.6 Å². The van der Waals surface area contributed by atoms with Crippen molar-refractivity contribution >= 4 is 17.6 Å². The number of phenols is 1. The van der Waals surface area contributed by atoms with E-state index in [2.05, 4.69) is 32.1 Å². The van der Waals surface area contributed by atoms with Crippen molar-refractivity contribution in [3.63, 3.8) is 0 Å². The van der Waals surface area contributed by atoms with E-state index in [1.165, 1.54) is 0 Å². The predicted molar refractivity (Wildman–Crippen MR) is 144 cm³/mol. The number of para-hydroxylation sites is 1. The fourth-order valence-corrected chi connectivity index (χ4v) is 4.81. The molecule has 0 atom stereocenters. The second-order valence-corrected chi connectivity index (χ2v) is 10.7. The Morgan fingerprint density at radius 2 is 1.65 bits per heavy atom. The van der Waals surface area contributed by atoms with Crippen molar-refractivity contribution in [3.05, 3.63) is 54.6 Å². The summed E-state index contributed by atoms with van der Waals surface area (Å²) in [4.78, 5) is 18.8. The number of carbonyl (C=O) groups excluding carboxylic acids is 1. The molecule has 0 unspecified atom stereocenters. The van der Waals surface area contributed by atoms with Crippen molar-refractivity contribution in [2.45, 2.75) is 32.4 Å². The summed E-state index contributed by atoms with van der Waals surface area (Å²) in [5, 5.41) is 18.5. The number of nitrogens with zero attached hydrogens (tertiary/aromatic N) is 5. The molecule has 3 aromatic rings. The number of aromatic hydroxyl groups is 1. The van der Waals surface area contributed by atoms with Gasteiger partial charge in [-0.25, -0.2) is 4.79 Å². The van der Waals surface area contributed by atoms with Crippen LogP contribution in [-0.2, 0) is 4.74 Å².